The number of amides is 2. The predicted octanol–water partition coefficient (Wildman–Crippen LogP) is 0.719. The smallest absolute Gasteiger partial charge is 0.248 e. The number of nitrogens with zero attached hydrogens (tertiary/aromatic N) is 2. The van der Waals surface area contributed by atoms with Crippen LogP contribution in [-0.2, 0) is 15.2 Å². The second kappa shape index (κ2) is 4.66. The molecule has 5 heteroatoms. The lowest BCUT2D eigenvalue weighted by Crippen LogP contribution is -2.52. The van der Waals surface area contributed by atoms with Crippen molar-refractivity contribution < 1.29 is 14.7 Å². The summed E-state index contributed by atoms with van der Waals surface area (Å²) >= 11 is 0. The molecule has 5 nitrogen and oxygen atoms in total. The van der Waals surface area contributed by atoms with Gasteiger partial charge in [0.25, 0.3) is 0 Å². The molecule has 0 saturated carbocycles. The Bertz CT molecular complexity index is 502. The lowest BCUT2D eigenvalue weighted by molar-refractivity contribution is -0.143. The molecule has 102 valence electrons. The number of carbonyl (C=O) groups is 2. The molecule has 2 rings (SSSR count). The van der Waals surface area contributed by atoms with E-state index in [0.717, 1.165) is 16.2 Å². The Labute approximate surface area is 112 Å². The summed E-state index contributed by atoms with van der Waals surface area (Å²) in [5.41, 5.74) is 0.578. The van der Waals surface area contributed by atoms with E-state index in [1.807, 2.05) is 24.3 Å². The normalized spacial score (nSPS) is 17.1. The van der Waals surface area contributed by atoms with Crippen LogP contribution in [0.3, 0.4) is 0 Å². The fraction of sp³-hybridized carbons (Fsp3) is 0.429. The standard InChI is InChI=1S/C14H18N2O3/c1-14(2,19)10-5-4-6-11(7-10)16-8-12(17)15(3)13(18)9-16/h4-7,19H,8-9H2,1-3H3. The van der Waals surface area contributed by atoms with Crippen LogP contribution in [-0.4, -0.2) is 42.0 Å². The zero-order chi connectivity index (χ0) is 14.2. The van der Waals surface area contributed by atoms with Crippen molar-refractivity contribution in [3.63, 3.8) is 0 Å². The summed E-state index contributed by atoms with van der Waals surface area (Å²) in [6.45, 7) is 3.76. The highest BCUT2D eigenvalue weighted by Crippen LogP contribution is 2.25. The molecule has 0 atom stereocenters. The van der Waals surface area contributed by atoms with Crippen molar-refractivity contribution in [1.29, 1.82) is 0 Å². The van der Waals surface area contributed by atoms with E-state index in [1.54, 1.807) is 18.7 Å². The molecule has 1 aliphatic rings. The van der Waals surface area contributed by atoms with Crippen LogP contribution in [0, 0.1) is 0 Å². The van der Waals surface area contributed by atoms with E-state index in [1.165, 1.54) is 7.05 Å². The van der Waals surface area contributed by atoms with Crippen LogP contribution in [0.4, 0.5) is 5.69 Å². The van der Waals surface area contributed by atoms with Gasteiger partial charge in [-0.3, -0.25) is 14.5 Å². The van der Waals surface area contributed by atoms with Crippen LogP contribution in [0.15, 0.2) is 24.3 Å². The van der Waals surface area contributed by atoms with Crippen LogP contribution < -0.4 is 4.90 Å². The minimum Gasteiger partial charge on any atom is -0.386 e. The van der Waals surface area contributed by atoms with Crippen molar-refractivity contribution in [2.45, 2.75) is 19.4 Å². The first-order valence-electron chi connectivity index (χ1n) is 6.16. The quantitative estimate of drug-likeness (QED) is 0.798. The molecule has 1 aromatic rings. The van der Waals surface area contributed by atoms with Crippen molar-refractivity contribution in [2.24, 2.45) is 0 Å². The Kier molecular flexibility index (Phi) is 3.32. The maximum absolute atomic E-state index is 11.7. The first kappa shape index (κ1) is 13.5. The van der Waals surface area contributed by atoms with Gasteiger partial charge in [-0.2, -0.15) is 0 Å². The summed E-state index contributed by atoms with van der Waals surface area (Å²) in [7, 11) is 1.50. The van der Waals surface area contributed by atoms with Crippen LogP contribution in [0.25, 0.3) is 0 Å². The summed E-state index contributed by atoms with van der Waals surface area (Å²) in [6.07, 6.45) is 0. The first-order chi connectivity index (χ1) is 8.79. The topological polar surface area (TPSA) is 60.9 Å². The molecule has 0 aromatic heterocycles. The highest BCUT2D eigenvalue weighted by Gasteiger charge is 2.28. The number of aliphatic hydroxyl groups is 1. The number of piperazine rings is 1. The number of imide groups is 1. The average molecular weight is 262 g/mol. The van der Waals surface area contributed by atoms with Crippen LogP contribution in [0.5, 0.6) is 0 Å². The van der Waals surface area contributed by atoms with Gasteiger partial charge in [-0.05, 0) is 31.5 Å². The van der Waals surface area contributed by atoms with Gasteiger partial charge < -0.3 is 10.0 Å². The number of likely N-dealkylation sites (N-methyl/N-ethyl adjacent to an activating group) is 1. The predicted molar refractivity (Wildman–Crippen MR) is 71.7 cm³/mol. The van der Waals surface area contributed by atoms with Crippen molar-refractivity contribution in [3.8, 4) is 0 Å². The average Bonchev–Trinajstić information content (AvgIpc) is 2.34. The third-order valence-electron chi connectivity index (χ3n) is 3.32. The molecule has 2 amide bonds. The molecular weight excluding hydrogens is 244 g/mol. The van der Waals surface area contributed by atoms with E-state index in [-0.39, 0.29) is 24.9 Å². The molecular formula is C14H18N2O3. The van der Waals surface area contributed by atoms with Gasteiger partial charge in [0.15, 0.2) is 0 Å². The fourth-order valence-corrected chi connectivity index (χ4v) is 2.00. The lowest BCUT2D eigenvalue weighted by Gasteiger charge is -2.32. The minimum atomic E-state index is -0.948. The summed E-state index contributed by atoms with van der Waals surface area (Å²) in [6, 6.07) is 7.28. The van der Waals surface area contributed by atoms with Gasteiger partial charge in [-0.15, -0.1) is 0 Å². The molecule has 1 saturated heterocycles. The van der Waals surface area contributed by atoms with Gasteiger partial charge in [-0.1, -0.05) is 12.1 Å². The molecule has 0 spiro atoms. The monoisotopic (exact) mass is 262 g/mol. The Balaban J connectivity index is 2.28. The maximum atomic E-state index is 11.7. The van der Waals surface area contributed by atoms with Crippen LogP contribution >= 0.6 is 0 Å². The number of carbonyl (C=O) groups excluding carboxylic acids is 2. The summed E-state index contributed by atoms with van der Waals surface area (Å²) < 4.78 is 0. The number of anilines is 1. The van der Waals surface area contributed by atoms with Crippen LogP contribution in [0.2, 0.25) is 0 Å². The lowest BCUT2D eigenvalue weighted by atomic mass is 9.98. The third kappa shape index (κ3) is 2.76. The Morgan fingerprint density at radius 2 is 1.74 bits per heavy atom. The van der Waals surface area contributed by atoms with Crippen molar-refractivity contribution in [2.75, 3.05) is 25.0 Å². The Morgan fingerprint density at radius 1 is 1.16 bits per heavy atom. The van der Waals surface area contributed by atoms with Gasteiger partial charge in [-0.25, -0.2) is 0 Å². The van der Waals surface area contributed by atoms with E-state index in [9.17, 15) is 14.7 Å². The number of hydrogen-bond acceptors (Lipinski definition) is 4. The van der Waals surface area contributed by atoms with E-state index < -0.39 is 5.60 Å². The van der Waals surface area contributed by atoms with Gasteiger partial charge in [0.2, 0.25) is 11.8 Å². The van der Waals surface area contributed by atoms with Gasteiger partial charge in [0.05, 0.1) is 18.7 Å². The third-order valence-corrected chi connectivity index (χ3v) is 3.32. The first-order valence-corrected chi connectivity index (χ1v) is 6.16. The van der Waals surface area contributed by atoms with Crippen molar-refractivity contribution >= 4 is 17.5 Å². The second-order valence-corrected chi connectivity index (χ2v) is 5.31. The van der Waals surface area contributed by atoms with Crippen molar-refractivity contribution in [3.05, 3.63) is 29.8 Å². The minimum absolute atomic E-state index is 0.178. The summed E-state index contributed by atoms with van der Waals surface area (Å²) in [5.74, 6) is -0.435. The molecule has 19 heavy (non-hydrogen) atoms. The van der Waals surface area contributed by atoms with Gasteiger partial charge in [0, 0.05) is 12.7 Å². The SMILES string of the molecule is CN1C(=O)CN(c2cccc(C(C)(C)O)c2)CC1=O. The highest BCUT2D eigenvalue weighted by atomic mass is 16.3. The van der Waals surface area contributed by atoms with E-state index in [4.69, 9.17) is 0 Å². The molecule has 0 bridgehead atoms. The Hall–Kier alpha value is -1.88. The summed E-state index contributed by atoms with van der Waals surface area (Å²) in [4.78, 5) is 26.2. The second-order valence-electron chi connectivity index (χ2n) is 5.31. The van der Waals surface area contributed by atoms with Gasteiger partial charge >= 0.3 is 0 Å². The highest BCUT2D eigenvalue weighted by molar-refractivity contribution is 6.02. The molecule has 0 unspecified atom stereocenters. The summed E-state index contributed by atoms with van der Waals surface area (Å²) in [5, 5.41) is 10.00. The molecule has 1 aromatic carbocycles. The number of rotatable bonds is 2. The number of hydrogen-bond donors (Lipinski definition) is 1. The molecule has 1 aliphatic heterocycles. The van der Waals surface area contributed by atoms with E-state index >= 15 is 0 Å². The maximum Gasteiger partial charge on any atom is 0.248 e. The van der Waals surface area contributed by atoms with E-state index in [0.29, 0.717) is 0 Å². The zero-order valence-corrected chi connectivity index (χ0v) is 11.4. The largest absolute Gasteiger partial charge is 0.386 e. The van der Waals surface area contributed by atoms with Gasteiger partial charge in [0.1, 0.15) is 0 Å². The molecule has 1 fully saturated rings. The molecule has 0 aliphatic carbocycles. The zero-order valence-electron chi connectivity index (χ0n) is 11.4. The molecule has 1 heterocycles. The Morgan fingerprint density at radius 3 is 2.26 bits per heavy atom. The fourth-order valence-electron chi connectivity index (χ4n) is 2.00. The molecule has 1 N–H and O–H groups in total. The van der Waals surface area contributed by atoms with E-state index in [2.05, 4.69) is 0 Å². The molecule has 0 radical (unpaired) electrons. The van der Waals surface area contributed by atoms with Crippen LogP contribution in [0.1, 0.15) is 19.4 Å². The number of benzene rings is 1. The van der Waals surface area contributed by atoms with Crippen molar-refractivity contribution in [1.82, 2.24) is 4.90 Å².